The van der Waals surface area contributed by atoms with Crippen LogP contribution in [0.4, 0.5) is 0 Å². The Kier molecular flexibility index (Phi) is 4.47. The number of benzene rings is 1. The van der Waals surface area contributed by atoms with Crippen molar-refractivity contribution < 1.29 is 14.9 Å². The molecule has 3 aliphatic rings. The molecule has 2 N–H and O–H groups in total. The average molecular weight is 344 g/mol. The molecule has 0 amide bonds. The fraction of sp³-hybridized carbons (Fsp3) is 0.727. The number of fused-ring (bicyclic) bond motifs is 5. The first-order chi connectivity index (χ1) is 12.0. The highest BCUT2D eigenvalue weighted by Gasteiger charge is 2.54. The number of rotatable bonds is 4. The molecule has 0 bridgehead atoms. The van der Waals surface area contributed by atoms with Crippen molar-refractivity contribution in [2.75, 3.05) is 6.61 Å². The van der Waals surface area contributed by atoms with E-state index >= 15 is 0 Å². The molecule has 1 aromatic carbocycles. The molecule has 138 valence electrons. The molecule has 3 aliphatic carbocycles. The Labute approximate surface area is 151 Å². The van der Waals surface area contributed by atoms with Gasteiger partial charge >= 0.3 is 0 Å². The molecule has 0 saturated heterocycles. The first kappa shape index (κ1) is 17.2. The summed E-state index contributed by atoms with van der Waals surface area (Å²) in [5.74, 6) is 2.85. The fourth-order valence-corrected chi connectivity index (χ4v) is 6.00. The van der Waals surface area contributed by atoms with Crippen LogP contribution < -0.4 is 4.74 Å². The quantitative estimate of drug-likeness (QED) is 0.772. The first-order valence-electron chi connectivity index (χ1n) is 10.2. The van der Waals surface area contributed by atoms with Crippen LogP contribution in [-0.2, 0) is 6.42 Å². The van der Waals surface area contributed by atoms with Crippen molar-refractivity contribution in [1.82, 2.24) is 0 Å². The number of aryl methyl sites for hydroxylation is 1. The van der Waals surface area contributed by atoms with Gasteiger partial charge in [-0.15, -0.1) is 0 Å². The Morgan fingerprint density at radius 1 is 1.20 bits per heavy atom. The number of unbranched alkanes of at least 4 members (excludes halogenated alkanes) is 1. The van der Waals surface area contributed by atoms with E-state index in [0.29, 0.717) is 35.9 Å². The summed E-state index contributed by atoms with van der Waals surface area (Å²) in [5.41, 5.74) is 2.84. The molecule has 2 fully saturated rings. The monoisotopic (exact) mass is 344 g/mol. The maximum Gasteiger partial charge on any atom is 0.161 e. The second kappa shape index (κ2) is 6.50. The Hall–Kier alpha value is -1.22. The lowest BCUT2D eigenvalue weighted by Gasteiger charge is -2.50. The molecular formula is C22H32O3. The molecular weight excluding hydrogens is 312 g/mol. The van der Waals surface area contributed by atoms with Crippen LogP contribution in [0.3, 0.4) is 0 Å². The summed E-state index contributed by atoms with van der Waals surface area (Å²) in [7, 11) is 0. The Morgan fingerprint density at radius 2 is 2.04 bits per heavy atom. The third-order valence-corrected chi connectivity index (χ3v) is 7.51. The van der Waals surface area contributed by atoms with Gasteiger partial charge < -0.3 is 14.9 Å². The Balaban J connectivity index is 1.62. The molecule has 25 heavy (non-hydrogen) atoms. The predicted octanol–water partition coefficient (Wildman–Crippen LogP) is 4.79. The van der Waals surface area contributed by atoms with Crippen molar-refractivity contribution in [3.63, 3.8) is 0 Å². The van der Waals surface area contributed by atoms with Crippen LogP contribution in [-0.4, -0.2) is 22.9 Å². The standard InChI is InChI=1S/C22H32O3/c1-3-4-11-25-20-13-17-14(12-19(20)23)5-6-16-15(17)9-10-22(2)18(16)7-8-21(22)24/h12-13,15-16,18,21,23-24H,3-11H2,1-2H3/t15-,16+,18-,21+,22-/m0/s1. The van der Waals surface area contributed by atoms with Gasteiger partial charge in [0.25, 0.3) is 0 Å². The molecule has 0 aliphatic heterocycles. The van der Waals surface area contributed by atoms with Crippen molar-refractivity contribution in [1.29, 1.82) is 0 Å². The van der Waals surface area contributed by atoms with Gasteiger partial charge in [-0.05, 0) is 91.4 Å². The molecule has 3 heteroatoms. The van der Waals surface area contributed by atoms with Gasteiger partial charge in [0.05, 0.1) is 12.7 Å². The van der Waals surface area contributed by atoms with Gasteiger partial charge in [0.15, 0.2) is 11.5 Å². The minimum Gasteiger partial charge on any atom is -0.504 e. The zero-order valence-corrected chi connectivity index (χ0v) is 15.6. The maximum absolute atomic E-state index is 10.5. The molecule has 0 spiro atoms. The van der Waals surface area contributed by atoms with Gasteiger partial charge in [-0.25, -0.2) is 0 Å². The van der Waals surface area contributed by atoms with Crippen LogP contribution >= 0.6 is 0 Å². The number of aliphatic hydroxyl groups is 1. The van der Waals surface area contributed by atoms with E-state index in [0.717, 1.165) is 38.5 Å². The normalized spacial score (nSPS) is 36.4. The molecule has 2 saturated carbocycles. The van der Waals surface area contributed by atoms with Crippen molar-refractivity contribution >= 4 is 0 Å². The SMILES string of the molecule is CCCCOc1cc2c(cc1O)CC[C@@H]1[C@@H]2CC[C@]2(C)[C@H](O)CC[C@@H]12. The number of phenols is 1. The molecule has 0 heterocycles. The van der Waals surface area contributed by atoms with E-state index in [2.05, 4.69) is 19.9 Å². The van der Waals surface area contributed by atoms with Gasteiger partial charge in [-0.1, -0.05) is 20.3 Å². The Bertz CT molecular complexity index is 640. The smallest absolute Gasteiger partial charge is 0.161 e. The second-order valence-electron chi connectivity index (χ2n) is 8.77. The zero-order chi connectivity index (χ0) is 17.6. The second-order valence-corrected chi connectivity index (χ2v) is 8.77. The van der Waals surface area contributed by atoms with Crippen LogP contribution in [0.5, 0.6) is 11.5 Å². The molecule has 0 unspecified atom stereocenters. The lowest BCUT2D eigenvalue weighted by molar-refractivity contribution is -0.0226. The van der Waals surface area contributed by atoms with Crippen LogP contribution in [0.2, 0.25) is 0 Å². The minimum absolute atomic E-state index is 0.118. The maximum atomic E-state index is 10.5. The largest absolute Gasteiger partial charge is 0.504 e. The van der Waals surface area contributed by atoms with Crippen LogP contribution in [0.25, 0.3) is 0 Å². The molecule has 0 radical (unpaired) electrons. The molecule has 1 aromatic rings. The highest BCUT2D eigenvalue weighted by Crippen LogP contribution is 2.61. The van der Waals surface area contributed by atoms with E-state index in [4.69, 9.17) is 4.74 Å². The van der Waals surface area contributed by atoms with Gasteiger partial charge in [0, 0.05) is 0 Å². The summed E-state index contributed by atoms with van der Waals surface area (Å²) in [4.78, 5) is 0. The summed E-state index contributed by atoms with van der Waals surface area (Å²) in [6.07, 6.45) is 8.65. The van der Waals surface area contributed by atoms with Crippen LogP contribution in [0.15, 0.2) is 12.1 Å². The van der Waals surface area contributed by atoms with Crippen LogP contribution in [0.1, 0.15) is 75.8 Å². The average Bonchev–Trinajstić information content (AvgIpc) is 2.91. The highest BCUT2D eigenvalue weighted by atomic mass is 16.5. The number of aromatic hydroxyl groups is 1. The minimum atomic E-state index is -0.118. The fourth-order valence-electron chi connectivity index (χ4n) is 6.00. The summed E-state index contributed by atoms with van der Waals surface area (Å²) in [5, 5.41) is 20.8. The third kappa shape index (κ3) is 2.75. The van der Waals surface area contributed by atoms with Crippen molar-refractivity contribution in [3.05, 3.63) is 23.3 Å². The molecule has 3 nitrogen and oxygen atoms in total. The van der Waals surface area contributed by atoms with Gasteiger partial charge in [0.1, 0.15) is 0 Å². The number of hydrogen-bond donors (Lipinski definition) is 2. The van der Waals surface area contributed by atoms with Gasteiger partial charge in [0.2, 0.25) is 0 Å². The lowest BCUT2D eigenvalue weighted by Crippen LogP contribution is -2.43. The summed E-state index contributed by atoms with van der Waals surface area (Å²) in [6.45, 7) is 5.14. The van der Waals surface area contributed by atoms with Crippen molar-refractivity contribution in [2.24, 2.45) is 17.3 Å². The number of phenolic OH excluding ortho intramolecular Hbond substituents is 1. The first-order valence-corrected chi connectivity index (χ1v) is 10.2. The number of aliphatic hydroxyl groups excluding tert-OH is 1. The van der Waals surface area contributed by atoms with E-state index in [1.807, 2.05) is 6.07 Å². The highest BCUT2D eigenvalue weighted by molar-refractivity contribution is 5.49. The number of ether oxygens (including phenoxy) is 1. The summed E-state index contributed by atoms with van der Waals surface area (Å²) in [6, 6.07) is 4.08. The predicted molar refractivity (Wildman–Crippen MR) is 99.1 cm³/mol. The number of hydrogen-bond acceptors (Lipinski definition) is 3. The molecule has 4 rings (SSSR count). The van der Waals surface area contributed by atoms with E-state index in [1.54, 1.807) is 0 Å². The van der Waals surface area contributed by atoms with E-state index in [1.165, 1.54) is 24.0 Å². The summed E-state index contributed by atoms with van der Waals surface area (Å²) < 4.78 is 5.86. The van der Waals surface area contributed by atoms with Crippen LogP contribution in [0, 0.1) is 17.3 Å². The van der Waals surface area contributed by atoms with E-state index in [-0.39, 0.29) is 11.5 Å². The van der Waals surface area contributed by atoms with Crippen molar-refractivity contribution in [3.8, 4) is 11.5 Å². The topological polar surface area (TPSA) is 49.7 Å². The van der Waals surface area contributed by atoms with Crippen molar-refractivity contribution in [2.45, 2.75) is 77.2 Å². The molecule has 5 atom stereocenters. The zero-order valence-electron chi connectivity index (χ0n) is 15.6. The molecule has 0 aromatic heterocycles. The summed E-state index contributed by atoms with van der Waals surface area (Å²) >= 11 is 0. The lowest BCUT2D eigenvalue weighted by atomic mass is 9.55. The van der Waals surface area contributed by atoms with Gasteiger partial charge in [-0.3, -0.25) is 0 Å². The third-order valence-electron chi connectivity index (χ3n) is 7.51. The van der Waals surface area contributed by atoms with E-state index < -0.39 is 0 Å². The van der Waals surface area contributed by atoms with Gasteiger partial charge in [-0.2, -0.15) is 0 Å². The Morgan fingerprint density at radius 3 is 2.84 bits per heavy atom. The van der Waals surface area contributed by atoms with E-state index in [9.17, 15) is 10.2 Å².